The van der Waals surface area contributed by atoms with E-state index < -0.39 is 0 Å². The van der Waals surface area contributed by atoms with Gasteiger partial charge in [0.25, 0.3) is 0 Å². The molecule has 0 atom stereocenters. The number of rotatable bonds is 5. The SMILES string of the molecule is C=CCN(CC=C)c1ccc2ccc(C)c(C)c2c1. The van der Waals surface area contributed by atoms with Gasteiger partial charge in [-0.15, -0.1) is 13.2 Å². The number of nitrogens with zero attached hydrogens (tertiary/aromatic N) is 1. The van der Waals surface area contributed by atoms with Gasteiger partial charge in [0, 0.05) is 18.8 Å². The van der Waals surface area contributed by atoms with Crippen molar-refractivity contribution in [1.82, 2.24) is 0 Å². The third-order valence-corrected chi connectivity index (χ3v) is 3.61. The van der Waals surface area contributed by atoms with Gasteiger partial charge in [-0.1, -0.05) is 30.4 Å². The van der Waals surface area contributed by atoms with Gasteiger partial charge in [0.15, 0.2) is 0 Å². The van der Waals surface area contributed by atoms with Crippen LogP contribution >= 0.6 is 0 Å². The highest BCUT2D eigenvalue weighted by Gasteiger charge is 2.06. The molecule has 0 saturated carbocycles. The van der Waals surface area contributed by atoms with E-state index in [1.807, 2.05) is 12.2 Å². The van der Waals surface area contributed by atoms with Crippen molar-refractivity contribution in [1.29, 1.82) is 0 Å². The van der Waals surface area contributed by atoms with E-state index in [9.17, 15) is 0 Å². The van der Waals surface area contributed by atoms with Crippen molar-refractivity contribution in [3.63, 3.8) is 0 Å². The smallest absolute Gasteiger partial charge is 0.0378 e. The second kappa shape index (κ2) is 5.75. The number of fused-ring (bicyclic) bond motifs is 1. The molecule has 0 radical (unpaired) electrons. The maximum absolute atomic E-state index is 3.83. The lowest BCUT2D eigenvalue weighted by atomic mass is 10.0. The zero-order valence-electron chi connectivity index (χ0n) is 11.8. The van der Waals surface area contributed by atoms with E-state index in [2.05, 4.69) is 62.2 Å². The Morgan fingerprint density at radius 2 is 1.63 bits per heavy atom. The van der Waals surface area contributed by atoms with Crippen molar-refractivity contribution in [2.75, 3.05) is 18.0 Å². The van der Waals surface area contributed by atoms with Crippen LogP contribution in [0.25, 0.3) is 10.8 Å². The Morgan fingerprint density at radius 3 is 2.26 bits per heavy atom. The van der Waals surface area contributed by atoms with E-state index >= 15 is 0 Å². The van der Waals surface area contributed by atoms with Gasteiger partial charge >= 0.3 is 0 Å². The molecule has 0 bridgehead atoms. The van der Waals surface area contributed by atoms with Crippen LogP contribution in [0.2, 0.25) is 0 Å². The lowest BCUT2D eigenvalue weighted by Crippen LogP contribution is -2.22. The van der Waals surface area contributed by atoms with Gasteiger partial charge in [0.1, 0.15) is 0 Å². The van der Waals surface area contributed by atoms with E-state index in [1.54, 1.807) is 0 Å². The van der Waals surface area contributed by atoms with Crippen LogP contribution in [0.4, 0.5) is 5.69 Å². The van der Waals surface area contributed by atoms with Gasteiger partial charge in [-0.3, -0.25) is 0 Å². The molecule has 0 N–H and O–H groups in total. The molecule has 0 saturated heterocycles. The first kappa shape index (κ1) is 13.4. The van der Waals surface area contributed by atoms with Crippen molar-refractivity contribution >= 4 is 16.5 Å². The zero-order chi connectivity index (χ0) is 13.8. The summed E-state index contributed by atoms with van der Waals surface area (Å²) in [5.74, 6) is 0. The summed E-state index contributed by atoms with van der Waals surface area (Å²) in [5, 5.41) is 2.62. The van der Waals surface area contributed by atoms with Crippen LogP contribution in [-0.2, 0) is 0 Å². The molecule has 1 nitrogen and oxygen atoms in total. The Morgan fingerprint density at radius 1 is 1.00 bits per heavy atom. The van der Waals surface area contributed by atoms with Crippen LogP contribution < -0.4 is 4.90 Å². The fourth-order valence-electron chi connectivity index (χ4n) is 2.36. The summed E-state index contributed by atoms with van der Waals surface area (Å²) in [6.07, 6.45) is 3.85. The lowest BCUT2D eigenvalue weighted by Gasteiger charge is -2.22. The number of hydrogen-bond donors (Lipinski definition) is 0. The second-order valence-corrected chi connectivity index (χ2v) is 4.90. The molecule has 0 unspecified atom stereocenters. The van der Waals surface area contributed by atoms with Crippen LogP contribution in [0.3, 0.4) is 0 Å². The first-order valence-corrected chi connectivity index (χ1v) is 6.64. The van der Waals surface area contributed by atoms with Gasteiger partial charge < -0.3 is 4.90 Å². The average Bonchev–Trinajstić information content (AvgIpc) is 2.42. The summed E-state index contributed by atoms with van der Waals surface area (Å²) >= 11 is 0. The summed E-state index contributed by atoms with van der Waals surface area (Å²) in [4.78, 5) is 2.27. The maximum atomic E-state index is 3.83. The Labute approximate surface area is 115 Å². The van der Waals surface area contributed by atoms with E-state index in [-0.39, 0.29) is 0 Å². The molecule has 0 aliphatic heterocycles. The minimum atomic E-state index is 0.836. The molecule has 0 amide bonds. The molecular weight excluding hydrogens is 230 g/mol. The van der Waals surface area contributed by atoms with E-state index in [0.29, 0.717) is 0 Å². The Hall–Kier alpha value is -2.02. The summed E-state index contributed by atoms with van der Waals surface area (Å²) in [5.41, 5.74) is 3.92. The fraction of sp³-hybridized carbons (Fsp3) is 0.222. The molecule has 19 heavy (non-hydrogen) atoms. The standard InChI is InChI=1S/C18H21N/c1-5-11-19(12-6-2)17-10-9-16-8-7-14(3)15(4)18(16)13-17/h5-10,13H,1-2,11-12H2,3-4H3. The molecule has 2 aromatic carbocycles. The number of anilines is 1. The second-order valence-electron chi connectivity index (χ2n) is 4.90. The van der Waals surface area contributed by atoms with Crippen molar-refractivity contribution in [3.8, 4) is 0 Å². The molecule has 0 aliphatic rings. The molecule has 2 rings (SSSR count). The fourth-order valence-corrected chi connectivity index (χ4v) is 2.36. The van der Waals surface area contributed by atoms with Gasteiger partial charge in [0.05, 0.1) is 0 Å². The van der Waals surface area contributed by atoms with Crippen LogP contribution in [0.5, 0.6) is 0 Å². The van der Waals surface area contributed by atoms with Gasteiger partial charge in [-0.25, -0.2) is 0 Å². The predicted octanol–water partition coefficient (Wildman–Crippen LogP) is 4.64. The molecule has 0 heterocycles. The van der Waals surface area contributed by atoms with Gasteiger partial charge in [-0.2, -0.15) is 0 Å². The molecule has 0 spiro atoms. The monoisotopic (exact) mass is 251 g/mol. The third kappa shape index (κ3) is 2.70. The average molecular weight is 251 g/mol. The lowest BCUT2D eigenvalue weighted by molar-refractivity contribution is 0.958. The number of benzene rings is 2. The molecule has 2 aromatic rings. The quantitative estimate of drug-likeness (QED) is 0.700. The van der Waals surface area contributed by atoms with Crippen LogP contribution in [0, 0.1) is 13.8 Å². The Kier molecular flexibility index (Phi) is 4.06. The largest absolute Gasteiger partial charge is 0.364 e. The third-order valence-electron chi connectivity index (χ3n) is 3.61. The summed E-state index contributed by atoms with van der Waals surface area (Å²) in [6, 6.07) is 11.0. The highest BCUT2D eigenvalue weighted by atomic mass is 15.1. The Balaban J connectivity index is 2.52. The van der Waals surface area contributed by atoms with E-state index in [4.69, 9.17) is 0 Å². The first-order chi connectivity index (χ1) is 9.17. The first-order valence-electron chi connectivity index (χ1n) is 6.64. The van der Waals surface area contributed by atoms with Gasteiger partial charge in [-0.05, 0) is 47.9 Å². The minimum absolute atomic E-state index is 0.836. The summed E-state index contributed by atoms with van der Waals surface area (Å²) < 4.78 is 0. The highest BCUT2D eigenvalue weighted by molar-refractivity contribution is 5.89. The zero-order valence-corrected chi connectivity index (χ0v) is 11.8. The molecule has 98 valence electrons. The topological polar surface area (TPSA) is 3.24 Å². The van der Waals surface area contributed by atoms with E-state index in [1.165, 1.54) is 27.6 Å². The predicted molar refractivity (Wildman–Crippen MR) is 86.0 cm³/mol. The minimum Gasteiger partial charge on any atom is -0.364 e. The van der Waals surface area contributed by atoms with Crippen LogP contribution in [0.1, 0.15) is 11.1 Å². The molecule has 0 aliphatic carbocycles. The molecular formula is C18H21N. The van der Waals surface area contributed by atoms with E-state index in [0.717, 1.165) is 13.1 Å². The molecule has 0 aromatic heterocycles. The maximum Gasteiger partial charge on any atom is 0.0378 e. The van der Waals surface area contributed by atoms with Crippen LogP contribution in [0.15, 0.2) is 55.6 Å². The highest BCUT2D eigenvalue weighted by Crippen LogP contribution is 2.26. The van der Waals surface area contributed by atoms with Crippen molar-refractivity contribution in [2.45, 2.75) is 13.8 Å². The van der Waals surface area contributed by atoms with Crippen molar-refractivity contribution < 1.29 is 0 Å². The van der Waals surface area contributed by atoms with Crippen molar-refractivity contribution in [2.24, 2.45) is 0 Å². The molecule has 0 fully saturated rings. The van der Waals surface area contributed by atoms with Gasteiger partial charge in [0.2, 0.25) is 0 Å². The normalized spacial score (nSPS) is 10.4. The van der Waals surface area contributed by atoms with Crippen molar-refractivity contribution in [3.05, 3.63) is 66.8 Å². The summed E-state index contributed by atoms with van der Waals surface area (Å²) in [7, 11) is 0. The summed E-state index contributed by atoms with van der Waals surface area (Å²) in [6.45, 7) is 13.7. The Bertz CT molecular complexity index is 600. The number of hydrogen-bond acceptors (Lipinski definition) is 1. The van der Waals surface area contributed by atoms with Crippen LogP contribution in [-0.4, -0.2) is 13.1 Å². The molecule has 1 heteroatoms. The number of aryl methyl sites for hydroxylation is 2.